The maximum absolute atomic E-state index is 12.1. The van der Waals surface area contributed by atoms with Gasteiger partial charge in [0.25, 0.3) is 0 Å². The number of ether oxygens (including phenoxy) is 2. The van der Waals surface area contributed by atoms with Crippen LogP contribution < -0.4 is 25.9 Å². The minimum absolute atomic E-state index is 0.201. The first kappa shape index (κ1) is 27.4. The molecule has 0 aliphatic rings. The van der Waals surface area contributed by atoms with Gasteiger partial charge in [0.15, 0.2) is 0 Å². The summed E-state index contributed by atoms with van der Waals surface area (Å²) < 4.78 is 13.8. The summed E-state index contributed by atoms with van der Waals surface area (Å²) in [6.07, 6.45) is 1.39. The number of hydrogen-bond donors (Lipinski definition) is 3. The van der Waals surface area contributed by atoms with Crippen LogP contribution in [0.2, 0.25) is 0 Å². The van der Waals surface area contributed by atoms with Gasteiger partial charge in [0.05, 0.1) is 22.3 Å². The van der Waals surface area contributed by atoms with E-state index in [1.807, 2.05) is 12.1 Å². The van der Waals surface area contributed by atoms with Crippen LogP contribution in [0.15, 0.2) is 73.1 Å². The maximum atomic E-state index is 12.1. The standard InChI is InChI=1S/C24H19Br3N4O5/c1-35-20-7-2-13(8-15(20)12-36-21-18(26)9-16(25)10-19(21)27)11-29-31-24(34)23(33)30-17-5-3-14(4-6-17)22(28)32/h2-11H,12H2,1H3,(H2,28,32)(H,30,33)(H,31,34)/b29-11+. The third kappa shape index (κ3) is 7.39. The van der Waals surface area contributed by atoms with Crippen LogP contribution in [0.3, 0.4) is 0 Å². The van der Waals surface area contributed by atoms with E-state index in [9.17, 15) is 14.4 Å². The summed E-state index contributed by atoms with van der Waals surface area (Å²) in [7, 11) is 1.55. The Morgan fingerprint density at radius 1 is 0.972 bits per heavy atom. The molecule has 0 aromatic heterocycles. The fourth-order valence-electron chi connectivity index (χ4n) is 2.93. The number of carbonyl (C=O) groups excluding carboxylic acids is 3. The minimum Gasteiger partial charge on any atom is -0.496 e. The molecule has 36 heavy (non-hydrogen) atoms. The molecule has 3 aromatic rings. The molecular formula is C24H19Br3N4O5. The van der Waals surface area contributed by atoms with Crippen molar-refractivity contribution in [3.8, 4) is 11.5 Å². The highest BCUT2D eigenvalue weighted by Crippen LogP contribution is 2.37. The molecule has 0 radical (unpaired) electrons. The smallest absolute Gasteiger partial charge is 0.329 e. The van der Waals surface area contributed by atoms with Crippen molar-refractivity contribution in [3.05, 3.63) is 84.7 Å². The van der Waals surface area contributed by atoms with Gasteiger partial charge in [-0.2, -0.15) is 5.10 Å². The summed E-state index contributed by atoms with van der Waals surface area (Å²) in [6, 6.07) is 14.8. The van der Waals surface area contributed by atoms with Crippen molar-refractivity contribution in [1.82, 2.24) is 5.43 Å². The van der Waals surface area contributed by atoms with Crippen LogP contribution in [0.1, 0.15) is 21.5 Å². The lowest BCUT2D eigenvalue weighted by Crippen LogP contribution is -2.32. The lowest BCUT2D eigenvalue weighted by atomic mass is 10.1. The zero-order chi connectivity index (χ0) is 26.2. The van der Waals surface area contributed by atoms with E-state index < -0.39 is 17.7 Å². The van der Waals surface area contributed by atoms with Gasteiger partial charge in [0.2, 0.25) is 5.91 Å². The van der Waals surface area contributed by atoms with Gasteiger partial charge in [-0.3, -0.25) is 14.4 Å². The monoisotopic (exact) mass is 680 g/mol. The molecule has 3 aromatic carbocycles. The summed E-state index contributed by atoms with van der Waals surface area (Å²) in [5, 5.41) is 6.25. The lowest BCUT2D eigenvalue weighted by molar-refractivity contribution is -0.136. The highest BCUT2D eigenvalue weighted by atomic mass is 79.9. The molecule has 0 fully saturated rings. The fraction of sp³-hybridized carbons (Fsp3) is 0.0833. The normalized spacial score (nSPS) is 10.7. The van der Waals surface area contributed by atoms with Gasteiger partial charge in [-0.15, -0.1) is 0 Å². The Kier molecular flexibility index (Phi) is 9.62. The second-order valence-corrected chi connectivity index (χ2v) is 9.78. The van der Waals surface area contributed by atoms with Crippen LogP contribution in [0.5, 0.6) is 11.5 Å². The summed E-state index contributed by atoms with van der Waals surface area (Å²) in [5.74, 6) is -1.24. The van der Waals surface area contributed by atoms with Crippen molar-refractivity contribution in [2.24, 2.45) is 10.8 Å². The van der Waals surface area contributed by atoms with Crippen molar-refractivity contribution < 1.29 is 23.9 Å². The second-order valence-electron chi connectivity index (χ2n) is 7.15. The Morgan fingerprint density at radius 2 is 1.64 bits per heavy atom. The number of benzene rings is 3. The van der Waals surface area contributed by atoms with Crippen molar-refractivity contribution >= 4 is 77.4 Å². The first-order chi connectivity index (χ1) is 17.2. The van der Waals surface area contributed by atoms with Crippen molar-refractivity contribution in [1.29, 1.82) is 0 Å². The quantitative estimate of drug-likeness (QED) is 0.179. The van der Waals surface area contributed by atoms with Crippen LogP contribution in [-0.4, -0.2) is 31.0 Å². The maximum Gasteiger partial charge on any atom is 0.329 e. The first-order valence-electron chi connectivity index (χ1n) is 10.2. The Morgan fingerprint density at radius 3 is 2.25 bits per heavy atom. The lowest BCUT2D eigenvalue weighted by Gasteiger charge is -2.13. The molecule has 9 nitrogen and oxygen atoms in total. The number of methoxy groups -OCH3 is 1. The minimum atomic E-state index is -0.966. The molecule has 0 saturated heterocycles. The number of primary amides is 1. The second kappa shape index (κ2) is 12.7. The van der Waals surface area contributed by atoms with E-state index in [1.54, 1.807) is 25.3 Å². The number of halogens is 3. The van der Waals surface area contributed by atoms with Gasteiger partial charge in [-0.1, -0.05) is 15.9 Å². The molecule has 3 amide bonds. The Hall–Kier alpha value is -3.22. The molecular weight excluding hydrogens is 664 g/mol. The highest BCUT2D eigenvalue weighted by Gasteiger charge is 2.14. The number of amides is 3. The number of anilines is 1. The average Bonchev–Trinajstić information content (AvgIpc) is 2.83. The van der Waals surface area contributed by atoms with E-state index >= 15 is 0 Å². The third-order valence-electron chi connectivity index (χ3n) is 4.65. The molecule has 12 heteroatoms. The predicted molar refractivity (Wildman–Crippen MR) is 146 cm³/mol. The Bertz CT molecular complexity index is 1310. The van der Waals surface area contributed by atoms with E-state index in [0.717, 1.165) is 19.0 Å². The summed E-state index contributed by atoms with van der Waals surface area (Å²) in [6.45, 7) is 0.201. The summed E-state index contributed by atoms with van der Waals surface area (Å²) in [5.41, 5.74) is 9.34. The van der Waals surface area contributed by atoms with Gasteiger partial charge < -0.3 is 20.5 Å². The molecule has 0 heterocycles. The van der Waals surface area contributed by atoms with E-state index in [-0.39, 0.29) is 12.2 Å². The highest BCUT2D eigenvalue weighted by molar-refractivity contribution is 9.11. The van der Waals surface area contributed by atoms with Gasteiger partial charge in [-0.05, 0) is 92.0 Å². The zero-order valence-electron chi connectivity index (χ0n) is 18.7. The van der Waals surface area contributed by atoms with Gasteiger partial charge in [-0.25, -0.2) is 5.43 Å². The van der Waals surface area contributed by atoms with Crippen LogP contribution >= 0.6 is 47.8 Å². The molecule has 0 aliphatic heterocycles. The van der Waals surface area contributed by atoms with E-state index in [0.29, 0.717) is 22.7 Å². The Labute approximate surface area is 231 Å². The molecule has 0 spiro atoms. The summed E-state index contributed by atoms with van der Waals surface area (Å²) in [4.78, 5) is 35.2. The van der Waals surface area contributed by atoms with Crippen molar-refractivity contribution in [2.75, 3.05) is 12.4 Å². The number of nitrogens with zero attached hydrogens (tertiary/aromatic N) is 1. The van der Waals surface area contributed by atoms with Crippen LogP contribution in [-0.2, 0) is 16.2 Å². The molecule has 4 N–H and O–H groups in total. The van der Waals surface area contributed by atoms with Gasteiger partial charge in [0, 0.05) is 21.3 Å². The number of rotatable bonds is 8. The van der Waals surface area contributed by atoms with E-state index in [1.165, 1.54) is 30.5 Å². The topological polar surface area (TPSA) is 132 Å². The average molecular weight is 683 g/mol. The van der Waals surface area contributed by atoms with Crippen LogP contribution in [0.4, 0.5) is 5.69 Å². The third-order valence-corrected chi connectivity index (χ3v) is 6.29. The molecule has 3 rings (SSSR count). The van der Waals surface area contributed by atoms with E-state index in [2.05, 4.69) is 63.6 Å². The van der Waals surface area contributed by atoms with Gasteiger partial charge >= 0.3 is 11.8 Å². The molecule has 0 saturated carbocycles. The fourth-order valence-corrected chi connectivity index (χ4v) is 5.42. The zero-order valence-corrected chi connectivity index (χ0v) is 23.4. The summed E-state index contributed by atoms with van der Waals surface area (Å²) >= 11 is 10.4. The Balaban J connectivity index is 1.62. The van der Waals surface area contributed by atoms with Gasteiger partial charge in [0.1, 0.15) is 18.1 Å². The van der Waals surface area contributed by atoms with Crippen LogP contribution in [0.25, 0.3) is 0 Å². The molecule has 0 aliphatic carbocycles. The molecule has 186 valence electrons. The predicted octanol–water partition coefficient (Wildman–Crippen LogP) is 4.75. The van der Waals surface area contributed by atoms with Crippen LogP contribution in [0, 0.1) is 0 Å². The molecule has 0 bridgehead atoms. The largest absolute Gasteiger partial charge is 0.496 e. The van der Waals surface area contributed by atoms with Crippen molar-refractivity contribution in [3.63, 3.8) is 0 Å². The number of nitrogens with one attached hydrogen (secondary N) is 2. The number of nitrogens with two attached hydrogens (primary N) is 1. The number of hydrogen-bond acceptors (Lipinski definition) is 6. The van der Waals surface area contributed by atoms with E-state index in [4.69, 9.17) is 15.2 Å². The molecule has 0 unspecified atom stereocenters. The van der Waals surface area contributed by atoms with Crippen molar-refractivity contribution in [2.45, 2.75) is 6.61 Å². The molecule has 0 atom stereocenters. The number of carbonyl (C=O) groups is 3. The first-order valence-corrected chi connectivity index (χ1v) is 12.5. The number of hydrazone groups is 1. The SMILES string of the molecule is COc1ccc(/C=N/NC(=O)C(=O)Nc2ccc(C(N)=O)cc2)cc1COc1c(Br)cc(Br)cc1Br.